The van der Waals surface area contributed by atoms with Crippen molar-refractivity contribution in [3.63, 3.8) is 0 Å². The van der Waals surface area contributed by atoms with E-state index < -0.39 is 5.60 Å². The molecule has 0 aromatic heterocycles. The van der Waals surface area contributed by atoms with Gasteiger partial charge >= 0.3 is 27.5 Å². The fraction of sp³-hybridized carbons (Fsp3) is 0.800. The van der Waals surface area contributed by atoms with E-state index in [0.29, 0.717) is 24.7 Å². The maximum atomic E-state index is 8.52. The molecule has 0 atom stereocenters. The first kappa shape index (κ1) is 29.3. The van der Waals surface area contributed by atoms with Crippen LogP contribution >= 0.6 is 0 Å². The standard InChI is InChI=1S/C4H10O.C2H6O.2C2H5.O.Zr/c1-4(2,3)5;1-2-3;2*1-2;;/h5H,1-3H3;3H,2H2,1H3;2*1H2,2H3;;/q;;2*-1;;+2. The Balaban J connectivity index is -0.0000000263. The Kier molecular flexibility index (Phi) is 78.2. The average molecular weight is 286 g/mol. The van der Waals surface area contributed by atoms with E-state index in [2.05, 4.69) is 13.8 Å². The van der Waals surface area contributed by atoms with Crippen LogP contribution in [0.3, 0.4) is 0 Å². The van der Waals surface area contributed by atoms with Crippen LogP contribution in [0.25, 0.3) is 0 Å². The number of aliphatic hydroxyl groups is 2. The third kappa shape index (κ3) is 4660. The zero-order chi connectivity index (χ0) is 13.2. The van der Waals surface area contributed by atoms with Crippen molar-refractivity contribution in [2.75, 3.05) is 6.61 Å². The van der Waals surface area contributed by atoms with Gasteiger partial charge in [0.25, 0.3) is 0 Å². The van der Waals surface area contributed by atoms with Gasteiger partial charge < -0.3 is 24.1 Å². The molecule has 0 fully saturated rings. The first-order valence-corrected chi connectivity index (χ1v) is 5.37. The predicted octanol–water partition coefficient (Wildman–Crippen LogP) is 2.34. The van der Waals surface area contributed by atoms with Crippen LogP contribution in [0.15, 0.2) is 0 Å². The summed E-state index contributed by atoms with van der Waals surface area (Å²) in [6.45, 7) is 17.2. The van der Waals surface area contributed by atoms with Crippen molar-refractivity contribution in [2.24, 2.45) is 0 Å². The molecule has 0 aliphatic rings. The van der Waals surface area contributed by atoms with Gasteiger partial charge in [0, 0.05) is 6.61 Å². The molecule has 88 valence electrons. The molecule has 0 saturated carbocycles. The fourth-order valence-corrected chi connectivity index (χ4v) is 0. The molecule has 0 unspecified atom stereocenters. The minimum atomic E-state index is -0.500. The second-order valence-electron chi connectivity index (χ2n) is 2.49. The van der Waals surface area contributed by atoms with Crippen molar-refractivity contribution < 1.29 is 37.7 Å². The van der Waals surface area contributed by atoms with Gasteiger partial charge in [0.1, 0.15) is 0 Å². The van der Waals surface area contributed by atoms with Crippen molar-refractivity contribution in [2.45, 2.75) is 47.1 Å². The third-order valence-corrected chi connectivity index (χ3v) is 0. The van der Waals surface area contributed by atoms with Gasteiger partial charge in [-0.15, -0.1) is 0 Å². The first-order valence-electron chi connectivity index (χ1n) is 4.37. The van der Waals surface area contributed by atoms with Crippen molar-refractivity contribution in [3.8, 4) is 0 Å². The molecule has 0 aliphatic heterocycles. The molecule has 0 aromatic rings. The van der Waals surface area contributed by atoms with Gasteiger partial charge in [-0.2, -0.15) is 13.8 Å². The zero-order valence-electron chi connectivity index (χ0n) is 10.4. The van der Waals surface area contributed by atoms with E-state index in [9.17, 15) is 0 Å². The predicted molar refractivity (Wildman–Crippen MR) is 57.5 cm³/mol. The summed E-state index contributed by atoms with van der Waals surface area (Å²) < 4.78 is 8.34. The summed E-state index contributed by atoms with van der Waals surface area (Å²) in [5.74, 6) is 0. The summed E-state index contributed by atoms with van der Waals surface area (Å²) in [5.41, 5.74) is -0.500. The molecule has 0 spiro atoms. The normalized spacial score (nSPS) is 6.86. The van der Waals surface area contributed by atoms with E-state index in [-0.39, 0.29) is 6.61 Å². The summed E-state index contributed by atoms with van der Waals surface area (Å²) in [4.78, 5) is 0. The van der Waals surface area contributed by atoms with Gasteiger partial charge in [-0.25, -0.2) is 0 Å². The first-order chi connectivity index (χ1) is 6.41. The van der Waals surface area contributed by atoms with Gasteiger partial charge in [0.05, 0.1) is 5.60 Å². The molecule has 0 heterocycles. The van der Waals surface area contributed by atoms with Crippen LogP contribution in [0.5, 0.6) is 0 Å². The summed E-state index contributed by atoms with van der Waals surface area (Å²) >= 11 is 0.300. The van der Waals surface area contributed by atoms with Crippen LogP contribution in [0.2, 0.25) is 0 Å². The molecule has 3 nitrogen and oxygen atoms in total. The molecule has 0 radical (unpaired) electrons. The van der Waals surface area contributed by atoms with E-state index in [4.69, 9.17) is 13.0 Å². The number of hydrogen-bond acceptors (Lipinski definition) is 3. The van der Waals surface area contributed by atoms with Crippen LogP contribution in [0.1, 0.15) is 41.5 Å². The van der Waals surface area contributed by atoms with Crippen LogP contribution in [-0.2, 0) is 27.5 Å². The van der Waals surface area contributed by atoms with Crippen molar-refractivity contribution in [3.05, 3.63) is 13.8 Å². The molecule has 0 amide bonds. The van der Waals surface area contributed by atoms with Gasteiger partial charge in [0.2, 0.25) is 0 Å². The second kappa shape index (κ2) is 37.4. The molecule has 0 rings (SSSR count). The van der Waals surface area contributed by atoms with E-state index >= 15 is 0 Å². The molecular weight excluding hydrogens is 259 g/mol. The molecule has 0 aliphatic carbocycles. The summed E-state index contributed by atoms with van der Waals surface area (Å²) in [7, 11) is 0. The minimum absolute atomic E-state index is 0.250. The average Bonchev–Trinajstić information content (AvgIpc) is 2.12. The van der Waals surface area contributed by atoms with Gasteiger partial charge in [-0.3, -0.25) is 0 Å². The quantitative estimate of drug-likeness (QED) is 0.672. The van der Waals surface area contributed by atoms with Crippen LogP contribution in [-0.4, -0.2) is 22.4 Å². The summed E-state index contributed by atoms with van der Waals surface area (Å²) in [6, 6.07) is 0. The zero-order valence-corrected chi connectivity index (χ0v) is 12.9. The molecule has 2 N–H and O–H groups in total. The fourth-order valence-electron chi connectivity index (χ4n) is 0. The Morgan fingerprint density at radius 3 is 1.07 bits per heavy atom. The number of aliphatic hydroxyl groups excluding tert-OH is 1. The molecule has 0 aromatic carbocycles. The molecule has 0 bridgehead atoms. The molecule has 14 heavy (non-hydrogen) atoms. The van der Waals surface area contributed by atoms with Gasteiger partial charge in [0.15, 0.2) is 0 Å². The van der Waals surface area contributed by atoms with Crippen LogP contribution in [0, 0.1) is 13.8 Å². The van der Waals surface area contributed by atoms with Crippen molar-refractivity contribution in [1.82, 2.24) is 0 Å². The van der Waals surface area contributed by atoms with E-state index in [1.807, 2.05) is 0 Å². The van der Waals surface area contributed by atoms with Gasteiger partial charge in [-0.05, 0) is 27.7 Å². The topological polar surface area (TPSA) is 57.5 Å². The van der Waals surface area contributed by atoms with E-state index in [1.165, 1.54) is 0 Å². The van der Waals surface area contributed by atoms with Crippen LogP contribution < -0.4 is 0 Å². The Labute approximate surface area is 105 Å². The summed E-state index contributed by atoms with van der Waals surface area (Å²) in [6.07, 6.45) is 0. The Morgan fingerprint density at radius 2 is 1.07 bits per heavy atom. The van der Waals surface area contributed by atoms with E-state index in [1.54, 1.807) is 41.5 Å². The Morgan fingerprint density at radius 1 is 1.07 bits per heavy atom. The Bertz CT molecular complexity index is 47.8. The summed E-state index contributed by atoms with van der Waals surface area (Å²) in [5, 5.41) is 16.1. The number of hydrogen-bond donors (Lipinski definition) is 2. The Hall–Kier alpha value is 0.603. The second-order valence-corrected chi connectivity index (χ2v) is 2.49. The maximum absolute atomic E-state index is 8.52. The third-order valence-electron chi connectivity index (χ3n) is 0. The van der Waals surface area contributed by atoms with Crippen molar-refractivity contribution >= 4 is 0 Å². The monoisotopic (exact) mass is 284 g/mol. The number of rotatable bonds is 0. The van der Waals surface area contributed by atoms with Crippen molar-refractivity contribution in [1.29, 1.82) is 0 Å². The van der Waals surface area contributed by atoms with Gasteiger partial charge in [-0.1, -0.05) is 0 Å². The van der Waals surface area contributed by atoms with Crippen LogP contribution in [0.4, 0.5) is 0 Å². The SMILES string of the molecule is CC(C)(C)O.CCO.[CH2-]C.[CH2-]C.[O]=[Zr+2]. The molecule has 4 heteroatoms. The van der Waals surface area contributed by atoms with E-state index in [0.717, 1.165) is 0 Å². The molecular formula is C10H26O3Zr. The molecule has 0 saturated heterocycles.